The number of rotatable bonds is 5. The number of carbonyl (C=O) groups is 1. The highest BCUT2D eigenvalue weighted by Gasteiger charge is 2.23. The van der Waals surface area contributed by atoms with Crippen LogP contribution in [0, 0.1) is 0 Å². The van der Waals surface area contributed by atoms with Crippen molar-refractivity contribution >= 4 is 11.6 Å². The summed E-state index contributed by atoms with van der Waals surface area (Å²) < 4.78 is 10.7. The van der Waals surface area contributed by atoms with Crippen molar-refractivity contribution in [1.82, 2.24) is 15.0 Å². The molecule has 1 aromatic heterocycles. The van der Waals surface area contributed by atoms with Crippen molar-refractivity contribution in [3.05, 3.63) is 84.4 Å². The number of aromatic nitrogens is 2. The van der Waals surface area contributed by atoms with Gasteiger partial charge in [0, 0.05) is 48.6 Å². The first-order valence-corrected chi connectivity index (χ1v) is 10.9. The molecule has 0 spiro atoms. The van der Waals surface area contributed by atoms with Gasteiger partial charge in [-0.1, -0.05) is 41.6 Å². The van der Waals surface area contributed by atoms with Crippen LogP contribution in [0.25, 0.3) is 22.8 Å². The Bertz CT molecular complexity index is 1230. The molecule has 166 valence electrons. The molecule has 1 saturated heterocycles. The zero-order valence-electron chi connectivity index (χ0n) is 18.3. The van der Waals surface area contributed by atoms with Crippen molar-refractivity contribution in [3.8, 4) is 28.6 Å². The third kappa shape index (κ3) is 4.43. The van der Waals surface area contributed by atoms with Crippen LogP contribution in [0.3, 0.4) is 0 Å². The van der Waals surface area contributed by atoms with Crippen molar-refractivity contribution in [2.45, 2.75) is 0 Å². The van der Waals surface area contributed by atoms with E-state index in [1.807, 2.05) is 83.8 Å². The lowest BCUT2D eigenvalue weighted by atomic mass is 10.1. The van der Waals surface area contributed by atoms with E-state index in [0.29, 0.717) is 30.4 Å². The number of anilines is 1. The van der Waals surface area contributed by atoms with Gasteiger partial charge in [-0.05, 0) is 42.5 Å². The summed E-state index contributed by atoms with van der Waals surface area (Å²) >= 11 is 0. The first kappa shape index (κ1) is 20.8. The van der Waals surface area contributed by atoms with Crippen molar-refractivity contribution in [1.29, 1.82) is 0 Å². The Hall–Kier alpha value is -4.13. The molecular formula is C26H24N4O3. The minimum atomic E-state index is 0.00836. The Morgan fingerprint density at radius 2 is 1.61 bits per heavy atom. The lowest BCUT2D eigenvalue weighted by molar-refractivity contribution is 0.0747. The van der Waals surface area contributed by atoms with Gasteiger partial charge in [0.05, 0.1) is 7.11 Å². The van der Waals surface area contributed by atoms with E-state index in [4.69, 9.17) is 9.26 Å². The topological polar surface area (TPSA) is 71.7 Å². The van der Waals surface area contributed by atoms with E-state index in [0.717, 1.165) is 35.7 Å². The van der Waals surface area contributed by atoms with Gasteiger partial charge in [-0.15, -0.1) is 0 Å². The summed E-state index contributed by atoms with van der Waals surface area (Å²) in [5, 5.41) is 4.08. The predicted molar refractivity (Wildman–Crippen MR) is 126 cm³/mol. The maximum Gasteiger partial charge on any atom is 0.258 e. The second-order valence-electron chi connectivity index (χ2n) is 7.85. The van der Waals surface area contributed by atoms with Crippen LogP contribution < -0.4 is 9.64 Å². The lowest BCUT2D eigenvalue weighted by Crippen LogP contribution is -2.48. The average Bonchev–Trinajstić information content (AvgIpc) is 3.40. The molecule has 1 amide bonds. The van der Waals surface area contributed by atoms with E-state index in [1.54, 1.807) is 7.11 Å². The highest BCUT2D eigenvalue weighted by Crippen LogP contribution is 2.24. The molecule has 1 aliphatic heterocycles. The van der Waals surface area contributed by atoms with Crippen LogP contribution >= 0.6 is 0 Å². The summed E-state index contributed by atoms with van der Waals surface area (Å²) in [6.07, 6.45) is 0. The van der Waals surface area contributed by atoms with Crippen molar-refractivity contribution < 1.29 is 14.1 Å². The Morgan fingerprint density at radius 3 is 2.33 bits per heavy atom. The molecule has 0 bridgehead atoms. The largest absolute Gasteiger partial charge is 0.497 e. The van der Waals surface area contributed by atoms with Gasteiger partial charge in [-0.2, -0.15) is 4.98 Å². The summed E-state index contributed by atoms with van der Waals surface area (Å²) in [6.45, 7) is 2.88. The molecule has 0 N–H and O–H groups in total. The number of carbonyl (C=O) groups excluding carboxylic acids is 1. The molecule has 1 fully saturated rings. The number of hydrogen-bond acceptors (Lipinski definition) is 6. The molecule has 2 heterocycles. The van der Waals surface area contributed by atoms with Crippen LogP contribution in [-0.4, -0.2) is 54.2 Å². The lowest BCUT2D eigenvalue weighted by Gasteiger charge is -2.36. The minimum Gasteiger partial charge on any atom is -0.497 e. The van der Waals surface area contributed by atoms with Crippen LogP contribution in [0.15, 0.2) is 83.4 Å². The van der Waals surface area contributed by atoms with E-state index in [1.165, 1.54) is 0 Å². The van der Waals surface area contributed by atoms with Gasteiger partial charge in [0.1, 0.15) is 5.75 Å². The number of benzene rings is 3. The highest BCUT2D eigenvalue weighted by molar-refractivity contribution is 5.95. The molecule has 0 radical (unpaired) electrons. The molecule has 0 unspecified atom stereocenters. The molecule has 0 saturated carbocycles. The quantitative estimate of drug-likeness (QED) is 0.459. The fourth-order valence-electron chi connectivity index (χ4n) is 3.97. The minimum absolute atomic E-state index is 0.00836. The molecule has 5 rings (SSSR count). The standard InChI is InChI=1S/C26H24N4O3/c1-32-23-12-10-22(11-13-23)29-14-16-30(17-15-29)26(31)21-9-5-8-20(18-21)25-27-24(28-33-25)19-6-3-2-4-7-19/h2-13,18H,14-17H2,1H3. The van der Waals surface area contributed by atoms with Gasteiger partial charge in [0.2, 0.25) is 5.82 Å². The fraction of sp³-hybridized carbons (Fsp3) is 0.192. The van der Waals surface area contributed by atoms with E-state index in [-0.39, 0.29) is 5.91 Å². The first-order chi connectivity index (χ1) is 16.2. The van der Waals surface area contributed by atoms with Crippen LogP contribution in [0.4, 0.5) is 5.69 Å². The van der Waals surface area contributed by atoms with Crippen LogP contribution in [0.5, 0.6) is 5.75 Å². The van der Waals surface area contributed by atoms with Crippen molar-refractivity contribution in [2.24, 2.45) is 0 Å². The van der Waals surface area contributed by atoms with Gasteiger partial charge in [0.15, 0.2) is 0 Å². The Balaban J connectivity index is 1.26. The van der Waals surface area contributed by atoms with Crippen LogP contribution in [-0.2, 0) is 0 Å². The molecule has 3 aromatic carbocycles. The van der Waals surface area contributed by atoms with Gasteiger partial charge < -0.3 is 19.1 Å². The van der Waals surface area contributed by atoms with E-state index in [2.05, 4.69) is 15.0 Å². The molecule has 0 aliphatic carbocycles. The first-order valence-electron chi connectivity index (χ1n) is 10.9. The molecule has 7 nitrogen and oxygen atoms in total. The smallest absolute Gasteiger partial charge is 0.258 e. The third-order valence-corrected chi connectivity index (χ3v) is 5.82. The summed E-state index contributed by atoms with van der Waals surface area (Å²) in [6, 6.07) is 25.1. The van der Waals surface area contributed by atoms with Gasteiger partial charge in [-0.3, -0.25) is 4.79 Å². The average molecular weight is 441 g/mol. The predicted octanol–water partition coefficient (Wildman–Crippen LogP) is 4.37. The molecule has 7 heteroatoms. The summed E-state index contributed by atoms with van der Waals surface area (Å²) in [4.78, 5) is 21.8. The molecule has 33 heavy (non-hydrogen) atoms. The SMILES string of the molecule is COc1ccc(N2CCN(C(=O)c3cccc(-c4nc(-c5ccccc5)no4)c3)CC2)cc1. The van der Waals surface area contributed by atoms with E-state index < -0.39 is 0 Å². The zero-order valence-corrected chi connectivity index (χ0v) is 18.3. The number of hydrogen-bond donors (Lipinski definition) is 0. The molecule has 4 aromatic rings. The molecule has 1 aliphatic rings. The number of methoxy groups -OCH3 is 1. The Morgan fingerprint density at radius 1 is 0.879 bits per heavy atom. The number of amides is 1. The zero-order chi connectivity index (χ0) is 22.6. The second kappa shape index (κ2) is 9.16. The maximum atomic E-state index is 13.2. The van der Waals surface area contributed by atoms with Gasteiger partial charge in [-0.25, -0.2) is 0 Å². The van der Waals surface area contributed by atoms with E-state index >= 15 is 0 Å². The number of piperazine rings is 1. The number of nitrogens with zero attached hydrogens (tertiary/aromatic N) is 4. The summed E-state index contributed by atoms with van der Waals surface area (Å²) in [7, 11) is 1.66. The maximum absolute atomic E-state index is 13.2. The van der Waals surface area contributed by atoms with E-state index in [9.17, 15) is 4.79 Å². The third-order valence-electron chi connectivity index (χ3n) is 5.82. The second-order valence-corrected chi connectivity index (χ2v) is 7.85. The fourth-order valence-corrected chi connectivity index (χ4v) is 3.97. The van der Waals surface area contributed by atoms with Crippen LogP contribution in [0.2, 0.25) is 0 Å². The molecular weight excluding hydrogens is 416 g/mol. The monoisotopic (exact) mass is 440 g/mol. The summed E-state index contributed by atoms with van der Waals surface area (Å²) in [5.41, 5.74) is 3.36. The summed E-state index contributed by atoms with van der Waals surface area (Å²) in [5.74, 6) is 1.77. The van der Waals surface area contributed by atoms with Crippen molar-refractivity contribution in [3.63, 3.8) is 0 Å². The number of ether oxygens (including phenoxy) is 1. The Labute approximate surface area is 192 Å². The molecule has 0 atom stereocenters. The Kier molecular flexibility index (Phi) is 5.76. The van der Waals surface area contributed by atoms with Gasteiger partial charge in [0.25, 0.3) is 11.8 Å². The highest BCUT2D eigenvalue weighted by atomic mass is 16.5. The van der Waals surface area contributed by atoms with Crippen molar-refractivity contribution in [2.75, 3.05) is 38.2 Å². The van der Waals surface area contributed by atoms with Crippen LogP contribution in [0.1, 0.15) is 10.4 Å². The van der Waals surface area contributed by atoms with Gasteiger partial charge >= 0.3 is 0 Å². The normalized spacial score (nSPS) is 13.7.